The summed E-state index contributed by atoms with van der Waals surface area (Å²) >= 11 is 0. The Labute approximate surface area is 150 Å². The van der Waals surface area contributed by atoms with Gasteiger partial charge in [0, 0.05) is 18.0 Å². The van der Waals surface area contributed by atoms with Crippen molar-refractivity contribution in [3.05, 3.63) is 30.1 Å². The number of hydrogen-bond acceptors (Lipinski definition) is 3. The van der Waals surface area contributed by atoms with Crippen molar-refractivity contribution in [3.63, 3.8) is 0 Å². The van der Waals surface area contributed by atoms with Crippen LogP contribution in [0.5, 0.6) is 0 Å². The van der Waals surface area contributed by atoms with E-state index in [1.54, 1.807) is 0 Å². The minimum Gasteiger partial charge on any atom is -0.354 e. The van der Waals surface area contributed by atoms with Crippen LogP contribution in [0.4, 0.5) is 0 Å². The molecule has 2 aromatic rings. The molecule has 0 spiro atoms. The molecule has 1 saturated heterocycles. The molecule has 136 valence electrons. The third-order valence-corrected chi connectivity index (χ3v) is 4.94. The Morgan fingerprint density at radius 3 is 2.52 bits per heavy atom. The zero-order valence-corrected chi connectivity index (χ0v) is 15.8. The maximum Gasteiger partial charge on any atom is 0.223 e. The summed E-state index contributed by atoms with van der Waals surface area (Å²) in [4.78, 5) is 19.5. The van der Waals surface area contributed by atoms with E-state index in [1.807, 2.05) is 19.9 Å². The summed E-state index contributed by atoms with van der Waals surface area (Å²) in [7, 11) is 0. The maximum atomic E-state index is 12.2. The van der Waals surface area contributed by atoms with Crippen molar-refractivity contribution >= 4 is 16.9 Å². The number of rotatable bonds is 5. The molecule has 0 saturated carbocycles. The lowest BCUT2D eigenvalue weighted by atomic mass is 9.95. The van der Waals surface area contributed by atoms with Gasteiger partial charge in [0.2, 0.25) is 5.91 Å². The third kappa shape index (κ3) is 4.03. The fourth-order valence-corrected chi connectivity index (χ4v) is 3.74. The van der Waals surface area contributed by atoms with Gasteiger partial charge in [-0.2, -0.15) is 0 Å². The molecule has 25 heavy (non-hydrogen) atoms. The highest BCUT2D eigenvalue weighted by Crippen LogP contribution is 2.24. The first kappa shape index (κ1) is 17.9. The van der Waals surface area contributed by atoms with Crippen LogP contribution in [0, 0.1) is 5.92 Å². The largest absolute Gasteiger partial charge is 0.354 e. The first-order valence-corrected chi connectivity index (χ1v) is 9.44. The van der Waals surface area contributed by atoms with E-state index in [0.717, 1.165) is 43.8 Å². The van der Waals surface area contributed by atoms with Gasteiger partial charge in [0.15, 0.2) is 0 Å². The Balaban J connectivity index is 1.67. The van der Waals surface area contributed by atoms with Crippen LogP contribution in [-0.4, -0.2) is 39.5 Å². The number of carbonyl (C=O) groups excluding carboxylic acids is 1. The van der Waals surface area contributed by atoms with Gasteiger partial charge in [0.25, 0.3) is 0 Å². The lowest BCUT2D eigenvalue weighted by molar-refractivity contribution is -0.127. The molecule has 5 heteroatoms. The lowest BCUT2D eigenvalue weighted by Gasteiger charge is -2.31. The van der Waals surface area contributed by atoms with Gasteiger partial charge in [-0.25, -0.2) is 4.98 Å². The van der Waals surface area contributed by atoms with E-state index in [-0.39, 0.29) is 17.9 Å². The summed E-state index contributed by atoms with van der Waals surface area (Å²) in [6.07, 6.45) is 1.86. The second-order valence-electron chi connectivity index (χ2n) is 7.69. The number of imidazole rings is 1. The van der Waals surface area contributed by atoms with Crippen molar-refractivity contribution in [2.24, 2.45) is 5.92 Å². The zero-order valence-electron chi connectivity index (χ0n) is 15.8. The molecule has 0 unspecified atom stereocenters. The number of aromatic nitrogens is 2. The van der Waals surface area contributed by atoms with Crippen molar-refractivity contribution in [2.75, 3.05) is 13.1 Å². The number of fused-ring (bicyclic) bond motifs is 1. The van der Waals surface area contributed by atoms with E-state index in [1.165, 1.54) is 5.52 Å². The van der Waals surface area contributed by atoms with Crippen LogP contribution in [0.15, 0.2) is 24.3 Å². The first-order valence-electron chi connectivity index (χ1n) is 9.44. The second-order valence-corrected chi connectivity index (χ2v) is 7.69. The van der Waals surface area contributed by atoms with Crippen molar-refractivity contribution < 1.29 is 4.79 Å². The Hall–Kier alpha value is -1.88. The van der Waals surface area contributed by atoms with Gasteiger partial charge in [0.05, 0.1) is 17.6 Å². The average Bonchev–Trinajstić information content (AvgIpc) is 2.92. The number of para-hydroxylation sites is 2. The third-order valence-electron chi connectivity index (χ3n) is 4.94. The SMILES string of the molecule is CC(C)NC(=O)C1CCN(Cc2nc3ccccc3n2C(C)C)CC1. The zero-order chi connectivity index (χ0) is 18.0. The topological polar surface area (TPSA) is 50.2 Å². The fourth-order valence-electron chi connectivity index (χ4n) is 3.74. The van der Waals surface area contributed by atoms with Crippen LogP contribution in [0.1, 0.15) is 52.4 Å². The molecule has 0 bridgehead atoms. The molecule has 1 fully saturated rings. The monoisotopic (exact) mass is 342 g/mol. The number of amides is 1. The minimum absolute atomic E-state index is 0.155. The van der Waals surface area contributed by atoms with E-state index in [0.29, 0.717) is 6.04 Å². The molecule has 1 amide bonds. The van der Waals surface area contributed by atoms with Crippen LogP contribution < -0.4 is 5.32 Å². The minimum atomic E-state index is 0.155. The van der Waals surface area contributed by atoms with Crippen molar-refractivity contribution in [3.8, 4) is 0 Å². The summed E-state index contributed by atoms with van der Waals surface area (Å²) in [5.41, 5.74) is 2.27. The molecule has 1 aromatic carbocycles. The Kier molecular flexibility index (Phi) is 5.42. The Bertz CT molecular complexity index is 726. The van der Waals surface area contributed by atoms with Crippen molar-refractivity contribution in [1.29, 1.82) is 0 Å². The first-order chi connectivity index (χ1) is 12.0. The standard InChI is InChI=1S/C20H30N4O/c1-14(2)21-20(25)16-9-11-23(12-10-16)13-19-22-17-7-5-6-8-18(17)24(19)15(3)4/h5-8,14-16H,9-13H2,1-4H3,(H,21,25). The molecule has 0 aliphatic carbocycles. The molecule has 1 aliphatic heterocycles. The molecule has 2 heterocycles. The molecule has 5 nitrogen and oxygen atoms in total. The van der Waals surface area contributed by atoms with E-state index in [9.17, 15) is 4.79 Å². The molecule has 0 radical (unpaired) electrons. The van der Waals surface area contributed by atoms with Crippen LogP contribution in [0.25, 0.3) is 11.0 Å². The number of nitrogens with one attached hydrogen (secondary N) is 1. The van der Waals surface area contributed by atoms with E-state index >= 15 is 0 Å². The normalized spacial score (nSPS) is 16.9. The molecule has 0 atom stereocenters. The number of hydrogen-bond donors (Lipinski definition) is 1. The van der Waals surface area contributed by atoms with Gasteiger partial charge in [-0.05, 0) is 65.8 Å². The van der Waals surface area contributed by atoms with Crippen molar-refractivity contribution in [2.45, 2.75) is 59.2 Å². The summed E-state index contributed by atoms with van der Waals surface area (Å²) in [5.74, 6) is 1.49. The van der Waals surface area contributed by atoms with Gasteiger partial charge >= 0.3 is 0 Å². The van der Waals surface area contributed by atoms with Crippen LogP contribution in [0.3, 0.4) is 0 Å². The van der Waals surface area contributed by atoms with Gasteiger partial charge in [-0.1, -0.05) is 12.1 Å². The summed E-state index contributed by atoms with van der Waals surface area (Å²) < 4.78 is 2.34. The number of piperidine rings is 1. The molecule has 3 rings (SSSR count). The molecule has 1 N–H and O–H groups in total. The van der Waals surface area contributed by atoms with Gasteiger partial charge < -0.3 is 9.88 Å². The van der Waals surface area contributed by atoms with Crippen LogP contribution >= 0.6 is 0 Å². The molecule has 1 aliphatic rings. The van der Waals surface area contributed by atoms with E-state index in [2.05, 4.69) is 46.8 Å². The number of carbonyl (C=O) groups is 1. The molecular formula is C20H30N4O. The highest BCUT2D eigenvalue weighted by atomic mass is 16.1. The van der Waals surface area contributed by atoms with Crippen LogP contribution in [-0.2, 0) is 11.3 Å². The van der Waals surface area contributed by atoms with Crippen molar-refractivity contribution in [1.82, 2.24) is 19.8 Å². The summed E-state index contributed by atoms with van der Waals surface area (Å²) in [5, 5.41) is 3.04. The summed E-state index contributed by atoms with van der Waals surface area (Å²) in [6, 6.07) is 8.95. The Morgan fingerprint density at radius 2 is 1.88 bits per heavy atom. The smallest absolute Gasteiger partial charge is 0.223 e. The highest BCUT2D eigenvalue weighted by Gasteiger charge is 2.26. The lowest BCUT2D eigenvalue weighted by Crippen LogP contribution is -2.42. The quantitative estimate of drug-likeness (QED) is 0.906. The van der Waals surface area contributed by atoms with Gasteiger partial charge in [-0.15, -0.1) is 0 Å². The second kappa shape index (κ2) is 7.56. The number of likely N-dealkylation sites (tertiary alicyclic amines) is 1. The highest BCUT2D eigenvalue weighted by molar-refractivity contribution is 5.79. The van der Waals surface area contributed by atoms with E-state index < -0.39 is 0 Å². The molecular weight excluding hydrogens is 312 g/mol. The number of benzene rings is 1. The number of nitrogens with zero attached hydrogens (tertiary/aromatic N) is 3. The average molecular weight is 342 g/mol. The van der Waals surface area contributed by atoms with Gasteiger partial charge in [0.1, 0.15) is 5.82 Å². The molecule has 1 aromatic heterocycles. The van der Waals surface area contributed by atoms with E-state index in [4.69, 9.17) is 4.98 Å². The summed E-state index contributed by atoms with van der Waals surface area (Å²) in [6.45, 7) is 11.2. The van der Waals surface area contributed by atoms with Gasteiger partial charge in [-0.3, -0.25) is 9.69 Å². The predicted octanol–water partition coefficient (Wildman–Crippen LogP) is 3.35. The maximum absolute atomic E-state index is 12.2. The van der Waals surface area contributed by atoms with Crippen LogP contribution in [0.2, 0.25) is 0 Å². The predicted molar refractivity (Wildman–Crippen MR) is 101 cm³/mol. The fraction of sp³-hybridized carbons (Fsp3) is 0.600. The Morgan fingerprint density at radius 1 is 1.20 bits per heavy atom.